The molecule has 1 aromatic rings. The lowest BCUT2D eigenvalue weighted by Gasteiger charge is -2.35. The van der Waals surface area contributed by atoms with Crippen LogP contribution in [0.2, 0.25) is 0 Å². The molecule has 2 aliphatic rings. The summed E-state index contributed by atoms with van der Waals surface area (Å²) in [7, 11) is 3.09. The van der Waals surface area contributed by atoms with Gasteiger partial charge in [0.15, 0.2) is 11.5 Å². The van der Waals surface area contributed by atoms with E-state index in [1.165, 1.54) is 7.11 Å². The Hall–Kier alpha value is -2.28. The zero-order valence-corrected chi connectivity index (χ0v) is 16.2. The van der Waals surface area contributed by atoms with Crippen LogP contribution in [0.5, 0.6) is 11.5 Å². The van der Waals surface area contributed by atoms with Gasteiger partial charge in [-0.25, -0.2) is 0 Å². The van der Waals surface area contributed by atoms with Crippen LogP contribution in [0, 0.1) is 5.92 Å². The van der Waals surface area contributed by atoms with E-state index < -0.39 is 0 Å². The Bertz CT molecular complexity index is 665. The third-order valence-electron chi connectivity index (χ3n) is 5.48. The normalized spacial score (nSPS) is 19.9. The van der Waals surface area contributed by atoms with Gasteiger partial charge in [0.2, 0.25) is 5.91 Å². The highest BCUT2D eigenvalue weighted by Gasteiger charge is 2.27. The molecule has 1 atom stereocenters. The van der Waals surface area contributed by atoms with E-state index in [0.29, 0.717) is 55.6 Å². The topological polar surface area (TPSA) is 71.1 Å². The average Bonchev–Trinajstić information content (AvgIpc) is 3.24. The molecule has 7 heteroatoms. The van der Waals surface area contributed by atoms with Gasteiger partial charge >= 0.3 is 0 Å². The summed E-state index contributed by atoms with van der Waals surface area (Å²) in [5.41, 5.74) is 0.491. The summed E-state index contributed by atoms with van der Waals surface area (Å²) < 4.78 is 10.7. The van der Waals surface area contributed by atoms with E-state index in [9.17, 15) is 9.59 Å². The van der Waals surface area contributed by atoms with Crippen molar-refractivity contribution in [2.45, 2.75) is 19.3 Å². The van der Waals surface area contributed by atoms with E-state index in [4.69, 9.17) is 9.47 Å². The molecule has 2 fully saturated rings. The fourth-order valence-corrected chi connectivity index (χ4v) is 3.83. The van der Waals surface area contributed by atoms with Crippen LogP contribution in [0.4, 0.5) is 0 Å². The molecule has 0 radical (unpaired) electrons. The van der Waals surface area contributed by atoms with Crippen molar-refractivity contribution in [3.63, 3.8) is 0 Å². The molecule has 0 bridgehead atoms. The van der Waals surface area contributed by atoms with Crippen molar-refractivity contribution in [1.29, 1.82) is 0 Å². The maximum Gasteiger partial charge on any atom is 0.257 e. The molecular weight excluding hydrogens is 346 g/mol. The summed E-state index contributed by atoms with van der Waals surface area (Å²) in [6.45, 7) is 4.33. The number of carbonyl (C=O) groups excluding carboxylic acids is 2. The maximum atomic E-state index is 12.9. The predicted octanol–water partition coefficient (Wildman–Crippen LogP) is 1.38. The number of nitrogens with one attached hydrogen (secondary N) is 1. The zero-order chi connectivity index (χ0) is 19.2. The molecule has 1 unspecified atom stereocenters. The van der Waals surface area contributed by atoms with Crippen LogP contribution in [-0.4, -0.2) is 75.1 Å². The Balaban J connectivity index is 1.54. The standard InChI is InChI=1S/C20H29N3O4/c1-26-17-5-3-4-16(19(17)27-2)20(25)23-12-10-22(11-13-23)18(24)7-6-15-8-9-21-14-15/h3-5,15,21H,6-14H2,1-2H3. The number of hydrogen-bond acceptors (Lipinski definition) is 5. The molecular formula is C20H29N3O4. The van der Waals surface area contributed by atoms with Crippen molar-refractivity contribution in [3.8, 4) is 11.5 Å². The van der Waals surface area contributed by atoms with Gasteiger partial charge in [-0.2, -0.15) is 0 Å². The molecule has 0 spiro atoms. The molecule has 148 valence electrons. The maximum absolute atomic E-state index is 12.9. The third-order valence-corrected chi connectivity index (χ3v) is 5.48. The second-order valence-electron chi connectivity index (χ2n) is 7.11. The molecule has 0 aliphatic carbocycles. The molecule has 3 rings (SSSR count). The smallest absolute Gasteiger partial charge is 0.257 e. The van der Waals surface area contributed by atoms with Gasteiger partial charge in [-0.1, -0.05) is 6.07 Å². The summed E-state index contributed by atoms with van der Waals surface area (Å²) in [6.07, 6.45) is 2.72. The van der Waals surface area contributed by atoms with Gasteiger partial charge in [-0.15, -0.1) is 0 Å². The first-order valence-corrected chi connectivity index (χ1v) is 9.62. The lowest BCUT2D eigenvalue weighted by Crippen LogP contribution is -2.50. The summed E-state index contributed by atoms with van der Waals surface area (Å²) >= 11 is 0. The van der Waals surface area contributed by atoms with Gasteiger partial charge in [0, 0.05) is 32.6 Å². The summed E-state index contributed by atoms with van der Waals surface area (Å²) in [6, 6.07) is 5.30. The number of amides is 2. The Morgan fingerprint density at radius 2 is 1.85 bits per heavy atom. The van der Waals surface area contributed by atoms with E-state index in [1.54, 1.807) is 30.2 Å². The molecule has 2 amide bonds. The van der Waals surface area contributed by atoms with E-state index in [-0.39, 0.29) is 11.8 Å². The first-order chi connectivity index (χ1) is 13.1. The third kappa shape index (κ3) is 4.53. The minimum Gasteiger partial charge on any atom is -0.493 e. The van der Waals surface area contributed by atoms with Crippen molar-refractivity contribution < 1.29 is 19.1 Å². The van der Waals surface area contributed by atoms with E-state index >= 15 is 0 Å². The highest BCUT2D eigenvalue weighted by atomic mass is 16.5. The SMILES string of the molecule is COc1cccc(C(=O)N2CCN(C(=O)CCC3CCNC3)CC2)c1OC. The molecule has 2 saturated heterocycles. The molecule has 2 heterocycles. The predicted molar refractivity (Wildman–Crippen MR) is 102 cm³/mol. The number of rotatable bonds is 6. The monoisotopic (exact) mass is 375 g/mol. The molecule has 27 heavy (non-hydrogen) atoms. The van der Waals surface area contributed by atoms with Crippen LogP contribution in [0.1, 0.15) is 29.6 Å². The highest BCUT2D eigenvalue weighted by Crippen LogP contribution is 2.31. The van der Waals surface area contributed by atoms with Crippen molar-refractivity contribution in [3.05, 3.63) is 23.8 Å². The minimum atomic E-state index is -0.0881. The molecule has 1 N–H and O–H groups in total. The van der Waals surface area contributed by atoms with Crippen LogP contribution in [0.25, 0.3) is 0 Å². The van der Waals surface area contributed by atoms with Crippen LogP contribution in [-0.2, 0) is 4.79 Å². The van der Waals surface area contributed by atoms with Gasteiger partial charge < -0.3 is 24.6 Å². The minimum absolute atomic E-state index is 0.0881. The Morgan fingerprint density at radius 3 is 2.48 bits per heavy atom. The van der Waals surface area contributed by atoms with Crippen LogP contribution in [0.15, 0.2) is 18.2 Å². The van der Waals surface area contributed by atoms with Gasteiger partial charge in [-0.3, -0.25) is 9.59 Å². The number of piperazine rings is 1. The summed E-state index contributed by atoms with van der Waals surface area (Å²) in [4.78, 5) is 29.0. The second kappa shape index (κ2) is 9.08. The summed E-state index contributed by atoms with van der Waals surface area (Å²) in [5, 5.41) is 3.34. The van der Waals surface area contributed by atoms with E-state index in [2.05, 4.69) is 5.32 Å². The number of nitrogens with zero attached hydrogens (tertiary/aromatic N) is 2. The molecule has 2 aliphatic heterocycles. The highest BCUT2D eigenvalue weighted by molar-refractivity contribution is 5.98. The van der Waals surface area contributed by atoms with Crippen LogP contribution < -0.4 is 14.8 Å². The van der Waals surface area contributed by atoms with Crippen molar-refractivity contribution in [1.82, 2.24) is 15.1 Å². The van der Waals surface area contributed by atoms with Crippen molar-refractivity contribution in [2.75, 3.05) is 53.5 Å². The Labute approximate surface area is 160 Å². The molecule has 0 saturated carbocycles. The summed E-state index contributed by atoms with van der Waals surface area (Å²) in [5.74, 6) is 1.73. The Kier molecular flexibility index (Phi) is 6.55. The van der Waals surface area contributed by atoms with Crippen molar-refractivity contribution in [2.24, 2.45) is 5.92 Å². The van der Waals surface area contributed by atoms with Crippen LogP contribution >= 0.6 is 0 Å². The van der Waals surface area contributed by atoms with E-state index in [0.717, 1.165) is 25.9 Å². The van der Waals surface area contributed by atoms with E-state index in [1.807, 2.05) is 4.90 Å². The fraction of sp³-hybridized carbons (Fsp3) is 0.600. The lowest BCUT2D eigenvalue weighted by atomic mass is 10.0. The fourth-order valence-electron chi connectivity index (χ4n) is 3.83. The van der Waals surface area contributed by atoms with Gasteiger partial charge in [-0.05, 0) is 44.0 Å². The quantitative estimate of drug-likeness (QED) is 0.813. The average molecular weight is 375 g/mol. The van der Waals surface area contributed by atoms with Gasteiger partial charge in [0.25, 0.3) is 5.91 Å². The molecule has 1 aromatic carbocycles. The first-order valence-electron chi connectivity index (χ1n) is 9.62. The Morgan fingerprint density at radius 1 is 1.11 bits per heavy atom. The number of benzene rings is 1. The molecule has 7 nitrogen and oxygen atoms in total. The number of hydrogen-bond donors (Lipinski definition) is 1. The van der Waals surface area contributed by atoms with Gasteiger partial charge in [0.05, 0.1) is 19.8 Å². The second-order valence-corrected chi connectivity index (χ2v) is 7.11. The van der Waals surface area contributed by atoms with Crippen LogP contribution in [0.3, 0.4) is 0 Å². The number of methoxy groups -OCH3 is 2. The van der Waals surface area contributed by atoms with Crippen molar-refractivity contribution >= 4 is 11.8 Å². The number of ether oxygens (including phenoxy) is 2. The van der Waals surface area contributed by atoms with Gasteiger partial charge in [0.1, 0.15) is 0 Å². The zero-order valence-electron chi connectivity index (χ0n) is 16.2. The first kappa shape index (κ1) is 19.5. The molecule has 0 aromatic heterocycles. The number of carbonyl (C=O) groups is 2. The lowest BCUT2D eigenvalue weighted by molar-refractivity contribution is -0.132. The largest absolute Gasteiger partial charge is 0.493 e. The number of para-hydroxylation sites is 1.